The number of benzene rings is 1. The molecule has 0 aromatic heterocycles. The van der Waals surface area contributed by atoms with E-state index in [0.29, 0.717) is 6.42 Å². The third kappa shape index (κ3) is 12.2. The summed E-state index contributed by atoms with van der Waals surface area (Å²) in [7, 11) is 0. The van der Waals surface area contributed by atoms with Crippen LogP contribution in [-0.4, -0.2) is 60.2 Å². The van der Waals surface area contributed by atoms with Crippen molar-refractivity contribution >= 4 is 41.4 Å². The highest BCUT2D eigenvalue weighted by Crippen LogP contribution is 2.07. The van der Waals surface area contributed by atoms with Crippen LogP contribution in [0.15, 0.2) is 30.3 Å². The van der Waals surface area contributed by atoms with E-state index in [4.69, 9.17) is 10.5 Å². The number of alkyl carbamates (subject to hydrolysis) is 1. The second-order valence-electron chi connectivity index (χ2n) is 8.13. The molecule has 0 heterocycles. The third-order valence-electron chi connectivity index (χ3n) is 4.64. The molecule has 0 spiro atoms. The molecule has 1 aromatic carbocycles. The van der Waals surface area contributed by atoms with Crippen molar-refractivity contribution in [3.05, 3.63) is 35.9 Å². The Labute approximate surface area is 204 Å². The van der Waals surface area contributed by atoms with Crippen molar-refractivity contribution in [3.63, 3.8) is 0 Å². The monoisotopic (exact) mass is 494 g/mol. The van der Waals surface area contributed by atoms with Gasteiger partial charge in [-0.2, -0.15) is 11.8 Å². The van der Waals surface area contributed by atoms with Gasteiger partial charge in [0.1, 0.15) is 12.6 Å². The summed E-state index contributed by atoms with van der Waals surface area (Å²) in [4.78, 5) is 60.4. The summed E-state index contributed by atoms with van der Waals surface area (Å²) in [6.45, 7) is 3.45. The number of primary amides is 1. The van der Waals surface area contributed by atoms with Crippen molar-refractivity contribution in [2.75, 3.05) is 18.6 Å². The topological polar surface area (TPSA) is 157 Å². The molecule has 1 aromatic rings. The van der Waals surface area contributed by atoms with Gasteiger partial charge >= 0.3 is 6.09 Å². The number of carbonyl (C=O) groups excluding carboxylic acids is 5. The molecule has 34 heavy (non-hydrogen) atoms. The van der Waals surface area contributed by atoms with Crippen molar-refractivity contribution in [1.29, 1.82) is 0 Å². The molecule has 10 nitrogen and oxygen atoms in total. The highest BCUT2D eigenvalue weighted by atomic mass is 32.2. The minimum Gasteiger partial charge on any atom is -0.445 e. The van der Waals surface area contributed by atoms with Crippen LogP contribution in [0.1, 0.15) is 38.7 Å². The first-order chi connectivity index (χ1) is 16.1. The predicted molar refractivity (Wildman–Crippen MR) is 130 cm³/mol. The van der Waals surface area contributed by atoms with Crippen molar-refractivity contribution < 1.29 is 28.7 Å². The van der Waals surface area contributed by atoms with Crippen molar-refractivity contribution in [2.24, 2.45) is 11.7 Å². The van der Waals surface area contributed by atoms with Crippen molar-refractivity contribution in [2.45, 2.75) is 51.8 Å². The zero-order valence-corrected chi connectivity index (χ0v) is 20.6. The minimum atomic E-state index is -0.903. The summed E-state index contributed by atoms with van der Waals surface area (Å²) in [6, 6.07) is 7.34. The molecule has 5 N–H and O–H groups in total. The van der Waals surface area contributed by atoms with Gasteiger partial charge in [0.15, 0.2) is 5.78 Å². The van der Waals surface area contributed by atoms with Gasteiger partial charge in [0.2, 0.25) is 17.7 Å². The first-order valence-corrected chi connectivity index (χ1v) is 12.4. The molecule has 0 aliphatic heterocycles. The van der Waals surface area contributed by atoms with Crippen LogP contribution in [0.3, 0.4) is 0 Å². The normalized spacial score (nSPS) is 12.4. The third-order valence-corrected chi connectivity index (χ3v) is 5.21. The van der Waals surface area contributed by atoms with E-state index >= 15 is 0 Å². The maximum Gasteiger partial charge on any atom is 0.408 e. The number of carbonyl (C=O) groups is 5. The highest BCUT2D eigenvalue weighted by molar-refractivity contribution is 7.99. The number of amides is 4. The molecule has 0 fully saturated rings. The summed E-state index contributed by atoms with van der Waals surface area (Å²) in [5, 5.41) is 7.55. The van der Waals surface area contributed by atoms with Crippen molar-refractivity contribution in [3.8, 4) is 0 Å². The van der Waals surface area contributed by atoms with E-state index in [1.54, 1.807) is 6.26 Å². The highest BCUT2D eigenvalue weighted by Gasteiger charge is 2.25. The molecule has 11 heteroatoms. The number of nitrogens with one attached hydrogen (secondary N) is 3. The lowest BCUT2D eigenvalue weighted by atomic mass is 10.0. The molecule has 1 rings (SSSR count). The van der Waals surface area contributed by atoms with Crippen LogP contribution in [0.5, 0.6) is 0 Å². The Bertz CT molecular complexity index is 834. The maximum atomic E-state index is 12.6. The van der Waals surface area contributed by atoms with E-state index in [0.717, 1.165) is 5.56 Å². The zero-order valence-electron chi connectivity index (χ0n) is 19.8. The number of rotatable bonds is 15. The molecule has 0 aliphatic carbocycles. The molecule has 0 aliphatic rings. The van der Waals surface area contributed by atoms with Crippen LogP contribution >= 0.6 is 11.8 Å². The Morgan fingerprint density at radius 2 is 1.71 bits per heavy atom. The van der Waals surface area contributed by atoms with Crippen LogP contribution in [0.4, 0.5) is 4.79 Å². The van der Waals surface area contributed by atoms with Gasteiger partial charge in [-0.05, 0) is 30.6 Å². The summed E-state index contributed by atoms with van der Waals surface area (Å²) in [6.07, 6.45) is 1.37. The maximum absolute atomic E-state index is 12.6. The van der Waals surface area contributed by atoms with Gasteiger partial charge in [0.05, 0.1) is 18.3 Å². The fourth-order valence-corrected chi connectivity index (χ4v) is 3.47. The fraction of sp³-hybridized carbons (Fsp3) is 0.522. The molecule has 4 amide bonds. The molecule has 188 valence electrons. The largest absolute Gasteiger partial charge is 0.445 e. The molecule has 0 saturated carbocycles. The SMILES string of the molecule is CSCC(=O)C(CCC(N)=O)NC(=O)CNC(=O)C(CC(C)C)NC(=O)OCc1ccccc1. The van der Waals surface area contributed by atoms with E-state index in [1.807, 2.05) is 44.2 Å². The van der Waals surface area contributed by atoms with Crippen LogP contribution < -0.4 is 21.7 Å². The van der Waals surface area contributed by atoms with E-state index in [2.05, 4.69) is 16.0 Å². The second-order valence-corrected chi connectivity index (χ2v) is 9.00. The number of thioether (sulfide) groups is 1. The lowest BCUT2D eigenvalue weighted by Gasteiger charge is -2.21. The molecule has 0 bridgehead atoms. The van der Waals surface area contributed by atoms with E-state index in [1.165, 1.54) is 11.8 Å². The molecular weight excluding hydrogens is 460 g/mol. The van der Waals surface area contributed by atoms with Gasteiger partial charge in [-0.3, -0.25) is 19.2 Å². The standard InChI is InChI=1S/C23H34N4O6S/c1-15(2)11-18(27-23(32)33-13-16-7-5-4-6-8-16)22(31)25-12-21(30)26-17(9-10-20(24)29)19(28)14-34-3/h4-8,15,17-18H,9-14H2,1-3H3,(H2,24,29)(H,25,31)(H,26,30)(H,27,32). The van der Waals surface area contributed by atoms with E-state index in [9.17, 15) is 24.0 Å². The number of ether oxygens (including phenoxy) is 1. The molecule has 0 radical (unpaired) electrons. The summed E-state index contributed by atoms with van der Waals surface area (Å²) >= 11 is 1.30. The smallest absolute Gasteiger partial charge is 0.408 e. The van der Waals surface area contributed by atoms with Gasteiger partial charge in [0, 0.05) is 6.42 Å². The van der Waals surface area contributed by atoms with Gasteiger partial charge in [0.25, 0.3) is 0 Å². The Kier molecular flexibility index (Phi) is 13.4. The molecular formula is C23H34N4O6S. The minimum absolute atomic E-state index is 0.0527. The van der Waals surface area contributed by atoms with E-state index in [-0.39, 0.29) is 36.9 Å². The number of ketones is 1. The number of hydrogen-bond acceptors (Lipinski definition) is 7. The van der Waals surface area contributed by atoms with Gasteiger partial charge in [-0.15, -0.1) is 0 Å². The Morgan fingerprint density at radius 1 is 1.03 bits per heavy atom. The molecule has 2 unspecified atom stereocenters. The number of hydrogen-bond donors (Lipinski definition) is 4. The van der Waals surface area contributed by atoms with E-state index < -0.39 is 42.4 Å². The lowest BCUT2D eigenvalue weighted by Crippen LogP contribution is -2.51. The van der Waals surface area contributed by atoms with Crippen LogP contribution in [0, 0.1) is 5.92 Å². The van der Waals surface area contributed by atoms with Gasteiger partial charge in [-0.25, -0.2) is 4.79 Å². The van der Waals surface area contributed by atoms with Gasteiger partial charge in [-0.1, -0.05) is 44.2 Å². The second kappa shape index (κ2) is 15.7. The van der Waals surface area contributed by atoms with Gasteiger partial charge < -0.3 is 26.4 Å². The van der Waals surface area contributed by atoms with Crippen LogP contribution in [0.2, 0.25) is 0 Å². The Morgan fingerprint density at radius 3 is 2.29 bits per heavy atom. The summed E-state index contributed by atoms with van der Waals surface area (Å²) in [5.41, 5.74) is 5.95. The molecule has 2 atom stereocenters. The molecule has 0 saturated heterocycles. The summed E-state index contributed by atoms with van der Waals surface area (Å²) in [5.74, 6) is -1.71. The van der Waals surface area contributed by atoms with Crippen LogP contribution in [0.25, 0.3) is 0 Å². The van der Waals surface area contributed by atoms with Crippen molar-refractivity contribution in [1.82, 2.24) is 16.0 Å². The predicted octanol–water partition coefficient (Wildman–Crippen LogP) is 1.13. The first kappa shape index (κ1) is 29.0. The van der Waals surface area contributed by atoms with Crippen LogP contribution in [-0.2, 0) is 30.5 Å². The lowest BCUT2D eigenvalue weighted by molar-refractivity contribution is -0.129. The quantitative estimate of drug-likeness (QED) is 0.285. The Hall–Kier alpha value is -3.08. The average Bonchev–Trinajstić information content (AvgIpc) is 2.78. The summed E-state index contributed by atoms with van der Waals surface area (Å²) < 4.78 is 5.18. The number of nitrogens with two attached hydrogens (primary N) is 1. The Balaban J connectivity index is 2.62. The number of Topliss-reactive ketones (excluding diaryl/α,β-unsaturated/α-hetero) is 1. The fourth-order valence-electron chi connectivity index (χ4n) is 2.99. The first-order valence-electron chi connectivity index (χ1n) is 11.0. The average molecular weight is 495 g/mol. The zero-order chi connectivity index (χ0) is 25.5.